The molecular weight excluding hydrogens is 231 g/mol. The Hall–Kier alpha value is -1.64. The van der Waals surface area contributed by atoms with Gasteiger partial charge >= 0.3 is 0 Å². The summed E-state index contributed by atoms with van der Waals surface area (Å²) in [7, 11) is 1.39. The average Bonchev–Trinajstić information content (AvgIpc) is 2.38. The van der Waals surface area contributed by atoms with E-state index >= 15 is 0 Å². The molecular formula is C15H19FO2. The lowest BCUT2D eigenvalue weighted by Gasteiger charge is -2.05. The van der Waals surface area contributed by atoms with Crippen molar-refractivity contribution in [3.63, 3.8) is 0 Å². The molecule has 1 aromatic carbocycles. The SMILES string of the molecule is C=CCCCCCC(=O)c1ccc(F)c(OC)c1. The number of hydrogen-bond donors (Lipinski definition) is 0. The molecule has 0 saturated carbocycles. The second-order valence-electron chi connectivity index (χ2n) is 4.16. The normalized spacial score (nSPS) is 10.1. The molecule has 0 aliphatic carbocycles. The van der Waals surface area contributed by atoms with Crippen LogP contribution in [0.3, 0.4) is 0 Å². The molecule has 18 heavy (non-hydrogen) atoms. The van der Waals surface area contributed by atoms with Crippen LogP contribution in [0.4, 0.5) is 4.39 Å². The first-order valence-corrected chi connectivity index (χ1v) is 6.16. The van der Waals surface area contributed by atoms with Crippen LogP contribution in [0.5, 0.6) is 5.75 Å². The first-order valence-electron chi connectivity index (χ1n) is 6.16. The van der Waals surface area contributed by atoms with Gasteiger partial charge in [0, 0.05) is 12.0 Å². The van der Waals surface area contributed by atoms with Crippen molar-refractivity contribution in [1.29, 1.82) is 0 Å². The summed E-state index contributed by atoms with van der Waals surface area (Å²) >= 11 is 0. The van der Waals surface area contributed by atoms with Crippen molar-refractivity contribution in [2.75, 3.05) is 7.11 Å². The van der Waals surface area contributed by atoms with Gasteiger partial charge in [-0.3, -0.25) is 4.79 Å². The van der Waals surface area contributed by atoms with Gasteiger partial charge in [0.15, 0.2) is 17.3 Å². The minimum Gasteiger partial charge on any atom is -0.494 e. The molecule has 1 rings (SSSR count). The molecule has 0 unspecified atom stereocenters. The predicted octanol–water partition coefficient (Wildman–Crippen LogP) is 4.15. The van der Waals surface area contributed by atoms with E-state index in [1.165, 1.54) is 25.3 Å². The molecule has 0 aliphatic heterocycles. The van der Waals surface area contributed by atoms with Gasteiger partial charge in [-0.15, -0.1) is 6.58 Å². The van der Waals surface area contributed by atoms with E-state index in [1.54, 1.807) is 0 Å². The minimum absolute atomic E-state index is 0.0342. The number of ketones is 1. The highest BCUT2D eigenvalue weighted by atomic mass is 19.1. The summed E-state index contributed by atoms with van der Waals surface area (Å²) in [6.45, 7) is 3.65. The number of carbonyl (C=O) groups excluding carboxylic acids is 1. The molecule has 0 N–H and O–H groups in total. The maximum Gasteiger partial charge on any atom is 0.165 e. The van der Waals surface area contributed by atoms with E-state index in [-0.39, 0.29) is 11.5 Å². The molecule has 0 fully saturated rings. The molecule has 2 nitrogen and oxygen atoms in total. The van der Waals surface area contributed by atoms with Crippen LogP contribution >= 0.6 is 0 Å². The van der Waals surface area contributed by atoms with E-state index in [1.807, 2.05) is 6.08 Å². The molecule has 0 spiro atoms. The van der Waals surface area contributed by atoms with Crippen molar-refractivity contribution < 1.29 is 13.9 Å². The maximum atomic E-state index is 13.2. The molecule has 0 atom stereocenters. The molecule has 3 heteroatoms. The number of methoxy groups -OCH3 is 1. The Bertz CT molecular complexity index is 413. The average molecular weight is 250 g/mol. The van der Waals surface area contributed by atoms with Crippen molar-refractivity contribution >= 4 is 5.78 Å². The number of Topliss-reactive ketones (excluding diaryl/α,β-unsaturated/α-hetero) is 1. The van der Waals surface area contributed by atoms with E-state index in [0.717, 1.165) is 25.7 Å². The number of rotatable bonds is 8. The quantitative estimate of drug-likeness (QED) is 0.393. The summed E-state index contributed by atoms with van der Waals surface area (Å²) in [4.78, 5) is 11.9. The Labute approximate surface area is 107 Å². The van der Waals surface area contributed by atoms with Crippen LogP contribution in [0.25, 0.3) is 0 Å². The zero-order valence-corrected chi connectivity index (χ0v) is 10.7. The van der Waals surface area contributed by atoms with Crippen LogP contribution in [-0.4, -0.2) is 12.9 Å². The van der Waals surface area contributed by atoms with Crippen LogP contribution < -0.4 is 4.74 Å². The minimum atomic E-state index is -0.444. The fourth-order valence-electron chi connectivity index (χ4n) is 1.73. The van der Waals surface area contributed by atoms with Crippen molar-refractivity contribution in [3.05, 3.63) is 42.2 Å². The topological polar surface area (TPSA) is 26.3 Å². The molecule has 0 saturated heterocycles. The summed E-state index contributed by atoms with van der Waals surface area (Å²) in [6, 6.07) is 4.23. The molecule has 1 aromatic rings. The summed E-state index contributed by atoms with van der Waals surface area (Å²) < 4.78 is 18.0. The van der Waals surface area contributed by atoms with Crippen LogP contribution in [0.2, 0.25) is 0 Å². The lowest BCUT2D eigenvalue weighted by Crippen LogP contribution is -2.00. The van der Waals surface area contributed by atoms with Crippen LogP contribution in [0.1, 0.15) is 42.5 Å². The zero-order chi connectivity index (χ0) is 13.4. The molecule has 0 bridgehead atoms. The number of hydrogen-bond acceptors (Lipinski definition) is 2. The monoisotopic (exact) mass is 250 g/mol. The van der Waals surface area contributed by atoms with Gasteiger partial charge in [-0.2, -0.15) is 0 Å². The fourth-order valence-corrected chi connectivity index (χ4v) is 1.73. The Morgan fingerprint density at radius 2 is 2.17 bits per heavy atom. The Balaban J connectivity index is 2.48. The third-order valence-electron chi connectivity index (χ3n) is 2.79. The predicted molar refractivity (Wildman–Crippen MR) is 70.6 cm³/mol. The third kappa shape index (κ3) is 4.32. The summed E-state index contributed by atoms with van der Waals surface area (Å²) in [5, 5.41) is 0. The van der Waals surface area contributed by atoms with E-state index in [0.29, 0.717) is 12.0 Å². The molecule has 0 radical (unpaired) electrons. The van der Waals surface area contributed by atoms with Crippen molar-refractivity contribution in [2.45, 2.75) is 32.1 Å². The van der Waals surface area contributed by atoms with Gasteiger partial charge in [0.1, 0.15) is 0 Å². The van der Waals surface area contributed by atoms with Gasteiger partial charge in [-0.1, -0.05) is 12.5 Å². The Morgan fingerprint density at radius 3 is 2.83 bits per heavy atom. The number of carbonyl (C=O) groups is 1. The van der Waals surface area contributed by atoms with Crippen LogP contribution in [-0.2, 0) is 0 Å². The summed E-state index contributed by atoms with van der Waals surface area (Å²) in [5.41, 5.74) is 0.511. The first-order chi connectivity index (χ1) is 8.69. The van der Waals surface area contributed by atoms with Gasteiger partial charge in [0.25, 0.3) is 0 Å². The second-order valence-corrected chi connectivity index (χ2v) is 4.16. The van der Waals surface area contributed by atoms with Crippen molar-refractivity contribution in [1.82, 2.24) is 0 Å². The number of benzene rings is 1. The molecule has 0 amide bonds. The standard InChI is InChI=1S/C15H19FO2/c1-3-4-5-6-7-8-14(17)12-9-10-13(16)15(11-12)18-2/h3,9-11H,1,4-8H2,2H3. The first kappa shape index (κ1) is 14.4. The number of halogens is 1. The van der Waals surface area contributed by atoms with E-state index in [2.05, 4.69) is 6.58 Å². The molecule has 0 aliphatic rings. The van der Waals surface area contributed by atoms with Gasteiger partial charge in [0.05, 0.1) is 7.11 Å². The number of ether oxygens (including phenoxy) is 1. The van der Waals surface area contributed by atoms with Crippen molar-refractivity contribution in [2.24, 2.45) is 0 Å². The summed E-state index contributed by atoms with van der Waals surface area (Å²) in [5.74, 6) is -0.292. The maximum absolute atomic E-state index is 13.2. The third-order valence-corrected chi connectivity index (χ3v) is 2.79. The molecule has 0 heterocycles. The van der Waals surface area contributed by atoms with Gasteiger partial charge in [-0.05, 0) is 37.5 Å². The smallest absolute Gasteiger partial charge is 0.165 e. The van der Waals surface area contributed by atoms with E-state index in [4.69, 9.17) is 4.74 Å². The van der Waals surface area contributed by atoms with Crippen molar-refractivity contribution in [3.8, 4) is 5.75 Å². The Morgan fingerprint density at radius 1 is 1.39 bits per heavy atom. The van der Waals surface area contributed by atoms with E-state index < -0.39 is 5.82 Å². The van der Waals surface area contributed by atoms with Crippen LogP contribution in [0, 0.1) is 5.82 Å². The molecule has 98 valence electrons. The number of unbranched alkanes of at least 4 members (excludes halogenated alkanes) is 3. The highest BCUT2D eigenvalue weighted by Crippen LogP contribution is 2.19. The largest absolute Gasteiger partial charge is 0.494 e. The summed E-state index contributed by atoms with van der Waals surface area (Å²) in [6.07, 6.45) is 6.28. The lowest BCUT2D eigenvalue weighted by molar-refractivity contribution is 0.0979. The van der Waals surface area contributed by atoms with Gasteiger partial charge < -0.3 is 4.74 Å². The zero-order valence-electron chi connectivity index (χ0n) is 10.7. The van der Waals surface area contributed by atoms with Gasteiger partial charge in [0.2, 0.25) is 0 Å². The number of allylic oxidation sites excluding steroid dienone is 1. The van der Waals surface area contributed by atoms with Gasteiger partial charge in [-0.25, -0.2) is 4.39 Å². The second kappa shape index (κ2) is 7.64. The highest BCUT2D eigenvalue weighted by Gasteiger charge is 2.09. The fraction of sp³-hybridized carbons (Fsp3) is 0.400. The van der Waals surface area contributed by atoms with Crippen LogP contribution in [0.15, 0.2) is 30.9 Å². The Kier molecular flexibility index (Phi) is 6.12. The molecule has 0 aromatic heterocycles. The van der Waals surface area contributed by atoms with E-state index in [9.17, 15) is 9.18 Å². The highest BCUT2D eigenvalue weighted by molar-refractivity contribution is 5.96. The lowest BCUT2D eigenvalue weighted by atomic mass is 10.0.